The van der Waals surface area contributed by atoms with E-state index in [1.165, 1.54) is 35.9 Å². The molecule has 3 nitrogen and oxygen atoms in total. The fraction of sp³-hybridized carbons (Fsp3) is 0.211. The van der Waals surface area contributed by atoms with Crippen molar-refractivity contribution in [3.63, 3.8) is 0 Å². The van der Waals surface area contributed by atoms with E-state index >= 15 is 0 Å². The van der Waals surface area contributed by atoms with Gasteiger partial charge in [0.05, 0.1) is 4.90 Å². The molecule has 4 heteroatoms. The van der Waals surface area contributed by atoms with Crippen molar-refractivity contribution in [3.8, 4) is 0 Å². The van der Waals surface area contributed by atoms with Gasteiger partial charge in [0.2, 0.25) is 0 Å². The minimum absolute atomic E-state index is 0.155. The first-order valence-electron chi connectivity index (χ1n) is 7.40. The molecule has 0 aromatic heterocycles. The smallest absolute Gasteiger partial charge is 0.185 e. The molecule has 2 aromatic carbocycles. The Hall–Kier alpha value is -2.20. The minimum atomic E-state index is -3.24. The van der Waals surface area contributed by atoms with Crippen LogP contribution in [-0.4, -0.2) is 20.5 Å². The summed E-state index contributed by atoms with van der Waals surface area (Å²) in [4.78, 5) is 12.3. The second kappa shape index (κ2) is 6.92. The van der Waals surface area contributed by atoms with Crippen LogP contribution in [0.4, 0.5) is 0 Å². The van der Waals surface area contributed by atoms with Crippen LogP contribution in [0.25, 0.3) is 6.08 Å². The van der Waals surface area contributed by atoms with Crippen LogP contribution in [0.15, 0.2) is 59.5 Å². The van der Waals surface area contributed by atoms with Gasteiger partial charge in [-0.3, -0.25) is 4.79 Å². The highest BCUT2D eigenvalue weighted by Crippen LogP contribution is 2.16. The lowest BCUT2D eigenvalue weighted by Gasteiger charge is -2.04. The Morgan fingerprint density at radius 1 is 0.957 bits per heavy atom. The molecule has 0 aliphatic rings. The summed E-state index contributed by atoms with van der Waals surface area (Å²) >= 11 is 0. The Balaban J connectivity index is 2.12. The van der Waals surface area contributed by atoms with E-state index in [1.54, 1.807) is 6.08 Å². The van der Waals surface area contributed by atoms with Crippen molar-refractivity contribution in [3.05, 3.63) is 71.3 Å². The predicted molar refractivity (Wildman–Crippen MR) is 93.4 cm³/mol. The number of ketones is 1. The third kappa shape index (κ3) is 4.63. The van der Waals surface area contributed by atoms with E-state index in [0.717, 1.165) is 11.8 Å². The average Bonchev–Trinajstić information content (AvgIpc) is 2.52. The summed E-state index contributed by atoms with van der Waals surface area (Å²) in [6.07, 6.45) is 4.40. The molecule has 23 heavy (non-hydrogen) atoms. The molecule has 2 aromatic rings. The van der Waals surface area contributed by atoms with Gasteiger partial charge in [-0.25, -0.2) is 8.42 Å². The maximum Gasteiger partial charge on any atom is 0.185 e. The molecule has 0 N–H and O–H groups in total. The normalized spacial score (nSPS) is 12.0. The lowest BCUT2D eigenvalue weighted by atomic mass is 10.0. The van der Waals surface area contributed by atoms with E-state index in [1.807, 2.05) is 12.1 Å². The van der Waals surface area contributed by atoms with Crippen molar-refractivity contribution in [2.75, 3.05) is 6.26 Å². The van der Waals surface area contributed by atoms with Gasteiger partial charge >= 0.3 is 0 Å². The number of rotatable bonds is 5. The Bertz CT molecular complexity index is 812. The molecule has 2 rings (SSSR count). The largest absolute Gasteiger partial charge is 0.289 e. The fourth-order valence-electron chi connectivity index (χ4n) is 2.13. The number of allylic oxidation sites excluding steroid dienone is 1. The summed E-state index contributed by atoms with van der Waals surface area (Å²) < 4.78 is 22.8. The Morgan fingerprint density at radius 2 is 1.52 bits per heavy atom. The van der Waals surface area contributed by atoms with Gasteiger partial charge in [-0.05, 0) is 47.4 Å². The van der Waals surface area contributed by atoms with E-state index in [2.05, 4.69) is 26.0 Å². The average molecular weight is 328 g/mol. The van der Waals surface area contributed by atoms with Gasteiger partial charge in [-0.2, -0.15) is 0 Å². The van der Waals surface area contributed by atoms with Gasteiger partial charge in [0.1, 0.15) is 0 Å². The van der Waals surface area contributed by atoms with Crippen LogP contribution in [-0.2, 0) is 9.84 Å². The van der Waals surface area contributed by atoms with Crippen molar-refractivity contribution in [1.29, 1.82) is 0 Å². The summed E-state index contributed by atoms with van der Waals surface area (Å²) in [6, 6.07) is 14.0. The molecule has 0 amide bonds. The summed E-state index contributed by atoms with van der Waals surface area (Å²) in [5.74, 6) is 0.320. The third-order valence-corrected chi connectivity index (χ3v) is 4.73. The zero-order valence-electron chi connectivity index (χ0n) is 13.5. The topological polar surface area (TPSA) is 51.2 Å². The molecule has 0 atom stereocenters. The first-order chi connectivity index (χ1) is 10.8. The van der Waals surface area contributed by atoms with E-state index in [0.29, 0.717) is 11.5 Å². The SMILES string of the molecule is CC(C)c1ccc(/C=C/C(=O)c2ccc(S(C)(=O)=O)cc2)cc1. The van der Waals surface area contributed by atoms with Gasteiger partial charge in [0, 0.05) is 11.8 Å². The Morgan fingerprint density at radius 3 is 2.00 bits per heavy atom. The predicted octanol–water partition coefficient (Wildman–Crippen LogP) is 4.11. The second-order valence-corrected chi connectivity index (χ2v) is 7.83. The van der Waals surface area contributed by atoms with Crippen molar-refractivity contribution in [2.24, 2.45) is 0 Å². The molecule has 0 radical (unpaired) electrons. The summed E-state index contributed by atoms with van der Waals surface area (Å²) in [7, 11) is -3.24. The van der Waals surface area contributed by atoms with E-state index in [-0.39, 0.29) is 10.7 Å². The lowest BCUT2D eigenvalue weighted by molar-refractivity contribution is 0.104. The molecule has 0 spiro atoms. The lowest BCUT2D eigenvalue weighted by Crippen LogP contribution is -1.99. The first-order valence-corrected chi connectivity index (χ1v) is 9.29. The molecule has 0 bridgehead atoms. The zero-order valence-corrected chi connectivity index (χ0v) is 14.3. The van der Waals surface area contributed by atoms with Crippen LogP contribution in [0.1, 0.15) is 41.3 Å². The summed E-state index contributed by atoms with van der Waals surface area (Å²) in [6.45, 7) is 4.27. The second-order valence-electron chi connectivity index (χ2n) is 5.82. The van der Waals surface area contributed by atoms with Crippen molar-refractivity contribution >= 4 is 21.7 Å². The third-order valence-electron chi connectivity index (χ3n) is 3.60. The number of hydrogen-bond acceptors (Lipinski definition) is 3. The molecular formula is C19H20O3S. The zero-order chi connectivity index (χ0) is 17.0. The number of benzene rings is 2. The van der Waals surface area contributed by atoms with Crippen LogP contribution in [0, 0.1) is 0 Å². The van der Waals surface area contributed by atoms with Crippen LogP contribution in [0.2, 0.25) is 0 Å². The van der Waals surface area contributed by atoms with Crippen LogP contribution >= 0.6 is 0 Å². The number of carbonyl (C=O) groups is 1. The van der Waals surface area contributed by atoms with E-state index in [4.69, 9.17) is 0 Å². The van der Waals surface area contributed by atoms with Crippen molar-refractivity contribution in [1.82, 2.24) is 0 Å². The Kier molecular flexibility index (Phi) is 5.16. The van der Waals surface area contributed by atoms with Gasteiger partial charge in [-0.1, -0.05) is 44.2 Å². The highest BCUT2D eigenvalue weighted by atomic mass is 32.2. The number of sulfone groups is 1. The van der Waals surface area contributed by atoms with Crippen LogP contribution in [0.5, 0.6) is 0 Å². The summed E-state index contributed by atoms with van der Waals surface area (Å²) in [5, 5.41) is 0. The first kappa shape index (κ1) is 17.2. The molecule has 0 aliphatic heterocycles. The number of hydrogen-bond donors (Lipinski definition) is 0. The highest BCUT2D eigenvalue weighted by Gasteiger charge is 2.08. The minimum Gasteiger partial charge on any atom is -0.289 e. The molecular weight excluding hydrogens is 308 g/mol. The molecule has 0 fully saturated rings. The summed E-state index contributed by atoms with van der Waals surface area (Å²) in [5.41, 5.74) is 2.67. The molecule has 0 heterocycles. The van der Waals surface area contributed by atoms with Gasteiger partial charge in [0.25, 0.3) is 0 Å². The fourth-order valence-corrected chi connectivity index (χ4v) is 2.76. The molecule has 0 saturated carbocycles. The van der Waals surface area contributed by atoms with E-state index < -0.39 is 9.84 Å². The van der Waals surface area contributed by atoms with Crippen LogP contribution < -0.4 is 0 Å². The molecule has 120 valence electrons. The quantitative estimate of drug-likeness (QED) is 0.613. The van der Waals surface area contributed by atoms with Gasteiger partial charge < -0.3 is 0 Å². The monoisotopic (exact) mass is 328 g/mol. The molecule has 0 aliphatic carbocycles. The van der Waals surface area contributed by atoms with Crippen molar-refractivity contribution in [2.45, 2.75) is 24.7 Å². The van der Waals surface area contributed by atoms with Crippen LogP contribution in [0.3, 0.4) is 0 Å². The van der Waals surface area contributed by atoms with Crippen molar-refractivity contribution < 1.29 is 13.2 Å². The standard InChI is InChI=1S/C19H20O3S/c1-14(2)16-7-4-15(5-8-16)6-13-19(20)17-9-11-18(12-10-17)23(3,21)22/h4-14H,1-3H3/b13-6+. The number of carbonyl (C=O) groups excluding carboxylic acids is 1. The highest BCUT2D eigenvalue weighted by molar-refractivity contribution is 7.90. The van der Waals surface area contributed by atoms with Gasteiger partial charge in [0.15, 0.2) is 15.6 Å². The Labute approximate surface area is 137 Å². The maximum absolute atomic E-state index is 12.1. The van der Waals surface area contributed by atoms with Gasteiger partial charge in [-0.15, -0.1) is 0 Å². The molecule has 0 saturated heterocycles. The molecule has 0 unspecified atom stereocenters. The van der Waals surface area contributed by atoms with E-state index in [9.17, 15) is 13.2 Å². The maximum atomic E-state index is 12.1.